The first-order chi connectivity index (χ1) is 13.9. The van der Waals surface area contributed by atoms with E-state index >= 15 is 0 Å². The Morgan fingerprint density at radius 1 is 1.10 bits per heavy atom. The molecule has 3 aromatic rings. The van der Waals surface area contributed by atoms with Crippen LogP contribution in [0.25, 0.3) is 17.1 Å². The number of aliphatic hydroxyl groups excluding tert-OH is 1. The molecule has 0 aliphatic carbocycles. The molecule has 6 heteroatoms. The molecule has 0 aliphatic rings. The predicted molar refractivity (Wildman–Crippen MR) is 106 cm³/mol. The molecule has 3 rings (SSSR count). The highest BCUT2D eigenvalue weighted by molar-refractivity contribution is 6.39. The van der Waals surface area contributed by atoms with Crippen molar-refractivity contribution in [2.75, 3.05) is 7.11 Å². The van der Waals surface area contributed by atoms with Crippen molar-refractivity contribution in [2.45, 2.75) is 13.3 Å². The van der Waals surface area contributed by atoms with Crippen molar-refractivity contribution >= 4 is 17.5 Å². The number of aryl methyl sites for hydroxylation is 1. The molecule has 0 radical (unpaired) electrons. The molecular weight excluding hydrogens is 375 g/mol. The van der Waals surface area contributed by atoms with Crippen molar-refractivity contribution in [2.24, 2.45) is 0 Å². The van der Waals surface area contributed by atoms with Crippen molar-refractivity contribution in [3.8, 4) is 11.3 Å². The van der Waals surface area contributed by atoms with E-state index in [-0.39, 0.29) is 11.6 Å². The Labute approximate surface area is 167 Å². The van der Waals surface area contributed by atoms with Gasteiger partial charge in [-0.25, -0.2) is 9.18 Å². The average Bonchev–Trinajstić information content (AvgIpc) is 3.13. The molecule has 1 aromatic heterocycles. The van der Waals surface area contributed by atoms with E-state index in [0.29, 0.717) is 17.7 Å². The first-order valence-corrected chi connectivity index (χ1v) is 8.85. The number of carbonyl (C=O) groups is 2. The average molecular weight is 394 g/mol. The number of hydrogen-bond donors (Lipinski definition) is 1. The maximum absolute atomic E-state index is 13.2. The normalized spacial score (nSPS) is 11.3. The predicted octanol–water partition coefficient (Wildman–Crippen LogP) is 4.63. The summed E-state index contributed by atoms with van der Waals surface area (Å²) in [7, 11) is 1.08. The number of hydrogen-bond acceptors (Lipinski definition) is 5. The molecule has 1 N–H and O–H groups in total. The third kappa shape index (κ3) is 4.79. The van der Waals surface area contributed by atoms with Crippen LogP contribution < -0.4 is 0 Å². The van der Waals surface area contributed by atoms with Gasteiger partial charge in [-0.15, -0.1) is 0 Å². The fourth-order valence-electron chi connectivity index (χ4n) is 2.81. The molecule has 0 bridgehead atoms. The van der Waals surface area contributed by atoms with Gasteiger partial charge in [-0.05, 0) is 30.7 Å². The summed E-state index contributed by atoms with van der Waals surface area (Å²) >= 11 is 0. The summed E-state index contributed by atoms with van der Waals surface area (Å²) in [6.45, 7) is 1.96. The highest BCUT2D eigenvalue weighted by atomic mass is 19.1. The van der Waals surface area contributed by atoms with E-state index in [0.717, 1.165) is 29.9 Å². The summed E-state index contributed by atoms with van der Waals surface area (Å²) in [5.41, 5.74) is 3.24. The number of ether oxygens (including phenoxy) is 1. The van der Waals surface area contributed by atoms with Crippen LogP contribution in [0.5, 0.6) is 0 Å². The maximum Gasteiger partial charge on any atom is 0.378 e. The van der Waals surface area contributed by atoms with Gasteiger partial charge in [-0.3, -0.25) is 4.79 Å². The van der Waals surface area contributed by atoms with Crippen molar-refractivity contribution < 1.29 is 28.2 Å². The second-order valence-electron chi connectivity index (χ2n) is 6.52. The van der Waals surface area contributed by atoms with E-state index in [1.807, 2.05) is 31.2 Å². The molecule has 0 spiro atoms. The molecule has 0 unspecified atom stereocenters. The van der Waals surface area contributed by atoms with Gasteiger partial charge < -0.3 is 14.3 Å². The molecule has 0 atom stereocenters. The first-order valence-electron chi connectivity index (χ1n) is 8.85. The summed E-state index contributed by atoms with van der Waals surface area (Å²) in [6, 6.07) is 15.3. The van der Waals surface area contributed by atoms with Crippen LogP contribution in [0.15, 0.2) is 65.1 Å². The Kier molecular flexibility index (Phi) is 5.93. The molecule has 0 saturated heterocycles. The smallest absolute Gasteiger partial charge is 0.378 e. The SMILES string of the molecule is COC(=O)C(=O)C=C(O)c1oc(-c2ccc(C)cc2)cc1Cc1ccc(F)cc1. The van der Waals surface area contributed by atoms with Gasteiger partial charge in [0.05, 0.1) is 7.11 Å². The summed E-state index contributed by atoms with van der Waals surface area (Å²) in [6.07, 6.45) is 1.09. The van der Waals surface area contributed by atoms with Gasteiger partial charge in [-0.1, -0.05) is 42.0 Å². The van der Waals surface area contributed by atoms with E-state index in [4.69, 9.17) is 4.42 Å². The number of esters is 1. The Hall–Kier alpha value is -3.67. The molecule has 0 saturated carbocycles. The van der Waals surface area contributed by atoms with E-state index in [1.165, 1.54) is 12.1 Å². The number of methoxy groups -OCH3 is 1. The summed E-state index contributed by atoms with van der Waals surface area (Å²) in [4.78, 5) is 23.1. The lowest BCUT2D eigenvalue weighted by atomic mass is 10.0. The van der Waals surface area contributed by atoms with Crippen LogP contribution in [-0.4, -0.2) is 24.0 Å². The van der Waals surface area contributed by atoms with Gasteiger partial charge >= 0.3 is 5.97 Å². The number of furan rings is 1. The number of halogens is 1. The lowest BCUT2D eigenvalue weighted by Crippen LogP contribution is -2.13. The molecule has 0 amide bonds. The number of ketones is 1. The molecule has 1 heterocycles. The molecular formula is C23H19FO5. The van der Waals surface area contributed by atoms with Crippen LogP contribution in [0.2, 0.25) is 0 Å². The van der Waals surface area contributed by atoms with Crippen molar-refractivity contribution in [3.63, 3.8) is 0 Å². The zero-order valence-corrected chi connectivity index (χ0v) is 15.9. The second kappa shape index (κ2) is 8.56. The van der Waals surface area contributed by atoms with Gasteiger partial charge in [0.1, 0.15) is 11.6 Å². The van der Waals surface area contributed by atoms with Gasteiger partial charge in [0, 0.05) is 23.6 Å². The topological polar surface area (TPSA) is 76.7 Å². The van der Waals surface area contributed by atoms with Crippen LogP contribution in [-0.2, 0) is 20.7 Å². The standard InChI is InChI=1S/C23H19FO5/c1-14-3-7-16(8-4-14)21-12-17(11-15-5-9-18(24)10-6-15)22(29-21)19(25)13-20(26)23(27)28-2/h3-10,12-13,25H,11H2,1-2H3. The second-order valence-corrected chi connectivity index (χ2v) is 6.52. The minimum atomic E-state index is -1.10. The fourth-order valence-corrected chi connectivity index (χ4v) is 2.81. The first kappa shape index (κ1) is 20.1. The van der Waals surface area contributed by atoms with Crippen molar-refractivity contribution in [1.82, 2.24) is 0 Å². The Balaban J connectivity index is 2.02. The minimum Gasteiger partial charge on any atom is -0.504 e. The fraction of sp³-hybridized carbons (Fsp3) is 0.130. The molecule has 0 aliphatic heterocycles. The highest BCUT2D eigenvalue weighted by Gasteiger charge is 2.20. The highest BCUT2D eigenvalue weighted by Crippen LogP contribution is 2.31. The van der Waals surface area contributed by atoms with Crippen molar-refractivity contribution in [3.05, 3.63) is 88.9 Å². The van der Waals surface area contributed by atoms with E-state index in [1.54, 1.807) is 18.2 Å². The van der Waals surface area contributed by atoms with E-state index in [2.05, 4.69) is 4.74 Å². The van der Waals surface area contributed by atoms with Gasteiger partial charge in [0.25, 0.3) is 5.78 Å². The van der Waals surface area contributed by atoms with Crippen molar-refractivity contribution in [1.29, 1.82) is 0 Å². The Morgan fingerprint density at radius 3 is 2.38 bits per heavy atom. The van der Waals surface area contributed by atoms with Gasteiger partial charge in [-0.2, -0.15) is 0 Å². The van der Waals surface area contributed by atoms with Gasteiger partial charge in [0.2, 0.25) is 0 Å². The van der Waals surface area contributed by atoms with Crippen LogP contribution >= 0.6 is 0 Å². The third-order valence-electron chi connectivity index (χ3n) is 4.34. The summed E-state index contributed by atoms with van der Waals surface area (Å²) < 4.78 is 23.4. The Morgan fingerprint density at radius 2 is 1.76 bits per heavy atom. The van der Waals surface area contributed by atoms with E-state index < -0.39 is 17.5 Å². The molecule has 5 nitrogen and oxygen atoms in total. The largest absolute Gasteiger partial charge is 0.504 e. The minimum absolute atomic E-state index is 0.0575. The lowest BCUT2D eigenvalue weighted by molar-refractivity contribution is -0.149. The van der Waals surface area contributed by atoms with Crippen LogP contribution in [0, 0.1) is 12.7 Å². The monoisotopic (exact) mass is 394 g/mol. The molecule has 0 fully saturated rings. The number of benzene rings is 2. The quantitative estimate of drug-likeness (QED) is 0.286. The number of carbonyl (C=O) groups excluding carboxylic acids is 2. The maximum atomic E-state index is 13.2. The van der Waals surface area contributed by atoms with Gasteiger partial charge in [0.15, 0.2) is 11.5 Å². The summed E-state index contributed by atoms with van der Waals surface area (Å²) in [5.74, 6) is -2.40. The summed E-state index contributed by atoms with van der Waals surface area (Å²) in [5, 5.41) is 10.4. The molecule has 29 heavy (non-hydrogen) atoms. The van der Waals surface area contributed by atoms with Crippen LogP contribution in [0.3, 0.4) is 0 Å². The van der Waals surface area contributed by atoms with Crippen LogP contribution in [0.1, 0.15) is 22.5 Å². The molecule has 2 aromatic carbocycles. The Bertz CT molecular complexity index is 1060. The lowest BCUT2D eigenvalue weighted by Gasteiger charge is -2.03. The number of rotatable bonds is 6. The zero-order chi connectivity index (χ0) is 21.0. The number of aliphatic hydroxyl groups is 1. The van der Waals surface area contributed by atoms with Crippen LogP contribution in [0.4, 0.5) is 4.39 Å². The zero-order valence-electron chi connectivity index (χ0n) is 15.9. The third-order valence-corrected chi connectivity index (χ3v) is 4.34. The molecule has 148 valence electrons. The van der Waals surface area contributed by atoms with E-state index in [9.17, 15) is 19.1 Å².